The van der Waals surface area contributed by atoms with E-state index in [1.165, 1.54) is 24.5 Å². The summed E-state index contributed by atoms with van der Waals surface area (Å²) in [6, 6.07) is 4.45. The van der Waals surface area contributed by atoms with Crippen LogP contribution in [0.4, 0.5) is 5.69 Å². The summed E-state index contributed by atoms with van der Waals surface area (Å²) in [4.78, 5) is 10.5. The predicted molar refractivity (Wildman–Crippen MR) is 71.2 cm³/mol. The molecule has 0 saturated carbocycles. The molecule has 1 unspecified atom stereocenters. The minimum Gasteiger partial charge on any atom is -0.490 e. The number of nitrogens with zero attached hydrogens (tertiary/aromatic N) is 3. The van der Waals surface area contributed by atoms with Gasteiger partial charge < -0.3 is 10.5 Å². The molecule has 0 spiro atoms. The van der Waals surface area contributed by atoms with Crippen molar-refractivity contribution in [3.63, 3.8) is 0 Å². The Kier molecular flexibility index (Phi) is 3.72. The molecule has 100 valence electrons. The van der Waals surface area contributed by atoms with Crippen molar-refractivity contribution in [1.29, 1.82) is 0 Å². The topological polar surface area (TPSA) is 104 Å². The number of ether oxygens (including phenoxy) is 1. The van der Waals surface area contributed by atoms with Gasteiger partial charge in [-0.15, -0.1) is 10.2 Å². The zero-order chi connectivity index (χ0) is 14.0. The van der Waals surface area contributed by atoms with Crippen LogP contribution in [0.15, 0.2) is 18.2 Å². The van der Waals surface area contributed by atoms with Gasteiger partial charge in [-0.05, 0) is 13.0 Å². The van der Waals surface area contributed by atoms with E-state index < -0.39 is 4.92 Å². The van der Waals surface area contributed by atoms with Gasteiger partial charge in [-0.3, -0.25) is 10.1 Å². The number of hydrogen-bond donors (Lipinski definition) is 1. The SMILES string of the molecule is COc1c(-c2nnc(C(C)N)s2)cccc1[N+](=O)[O-]. The Morgan fingerprint density at radius 2 is 2.21 bits per heavy atom. The highest BCUT2D eigenvalue weighted by Crippen LogP contribution is 2.39. The van der Waals surface area contributed by atoms with Crippen LogP contribution in [-0.4, -0.2) is 22.2 Å². The van der Waals surface area contributed by atoms with Crippen LogP contribution in [0.3, 0.4) is 0 Å². The van der Waals surface area contributed by atoms with Crippen molar-refractivity contribution in [2.75, 3.05) is 7.11 Å². The molecule has 2 rings (SSSR count). The summed E-state index contributed by atoms with van der Waals surface area (Å²) in [6.07, 6.45) is 0. The minimum atomic E-state index is -0.490. The van der Waals surface area contributed by atoms with Crippen LogP contribution in [0.25, 0.3) is 10.6 Å². The summed E-state index contributed by atoms with van der Waals surface area (Å²) >= 11 is 1.29. The third-order valence-electron chi connectivity index (χ3n) is 2.46. The van der Waals surface area contributed by atoms with Crippen molar-refractivity contribution in [2.45, 2.75) is 13.0 Å². The first-order valence-electron chi connectivity index (χ1n) is 5.45. The fourth-order valence-electron chi connectivity index (χ4n) is 1.58. The monoisotopic (exact) mass is 280 g/mol. The number of hydrogen-bond acceptors (Lipinski definition) is 7. The Hall–Kier alpha value is -2.06. The molecule has 0 aliphatic carbocycles. The molecule has 2 aromatic rings. The summed E-state index contributed by atoms with van der Waals surface area (Å²) in [5.41, 5.74) is 6.17. The molecule has 0 radical (unpaired) electrons. The Labute approximate surface area is 113 Å². The number of benzene rings is 1. The number of nitro benzene ring substituents is 1. The first-order valence-corrected chi connectivity index (χ1v) is 6.27. The molecule has 2 N–H and O–H groups in total. The van der Waals surface area contributed by atoms with Gasteiger partial charge in [0.25, 0.3) is 0 Å². The number of nitro groups is 1. The molecule has 1 atom stereocenters. The van der Waals surface area contributed by atoms with E-state index >= 15 is 0 Å². The molecular weight excluding hydrogens is 268 g/mol. The number of methoxy groups -OCH3 is 1. The lowest BCUT2D eigenvalue weighted by Crippen LogP contribution is -2.03. The average Bonchev–Trinajstić information content (AvgIpc) is 2.87. The van der Waals surface area contributed by atoms with Crippen molar-refractivity contribution in [2.24, 2.45) is 5.73 Å². The lowest BCUT2D eigenvalue weighted by atomic mass is 10.2. The van der Waals surface area contributed by atoms with Gasteiger partial charge in [0.2, 0.25) is 5.75 Å². The van der Waals surface area contributed by atoms with Gasteiger partial charge in [-0.2, -0.15) is 0 Å². The van der Waals surface area contributed by atoms with Crippen LogP contribution in [-0.2, 0) is 0 Å². The number of nitrogens with two attached hydrogens (primary N) is 1. The van der Waals surface area contributed by atoms with Crippen LogP contribution in [0, 0.1) is 10.1 Å². The Bertz CT molecular complexity index is 612. The molecule has 19 heavy (non-hydrogen) atoms. The second-order valence-corrected chi connectivity index (χ2v) is 4.86. The van der Waals surface area contributed by atoms with Crippen molar-refractivity contribution < 1.29 is 9.66 Å². The van der Waals surface area contributed by atoms with Crippen LogP contribution in [0.5, 0.6) is 5.75 Å². The lowest BCUT2D eigenvalue weighted by molar-refractivity contribution is -0.385. The van der Waals surface area contributed by atoms with Gasteiger partial charge in [-0.1, -0.05) is 17.4 Å². The molecule has 1 heterocycles. The zero-order valence-electron chi connectivity index (χ0n) is 10.4. The second-order valence-electron chi connectivity index (χ2n) is 3.85. The highest BCUT2D eigenvalue weighted by Gasteiger charge is 2.21. The van der Waals surface area contributed by atoms with Crippen molar-refractivity contribution >= 4 is 17.0 Å². The van der Waals surface area contributed by atoms with E-state index in [9.17, 15) is 10.1 Å². The quantitative estimate of drug-likeness (QED) is 0.679. The summed E-state index contributed by atoms with van der Waals surface area (Å²) in [5.74, 6) is 0.180. The van der Waals surface area contributed by atoms with Crippen LogP contribution in [0.2, 0.25) is 0 Å². The summed E-state index contributed by atoms with van der Waals surface area (Å²) in [6.45, 7) is 1.80. The number of para-hydroxylation sites is 1. The number of rotatable bonds is 4. The average molecular weight is 280 g/mol. The standard InChI is InChI=1S/C11H12N4O3S/c1-6(12)10-13-14-11(19-10)7-4-3-5-8(15(16)17)9(7)18-2/h3-6H,12H2,1-2H3. The first-order chi connectivity index (χ1) is 9.04. The van der Waals surface area contributed by atoms with Crippen LogP contribution < -0.4 is 10.5 Å². The van der Waals surface area contributed by atoms with Gasteiger partial charge in [0.15, 0.2) is 5.01 Å². The van der Waals surface area contributed by atoms with E-state index in [1.807, 2.05) is 0 Å². The Morgan fingerprint density at radius 1 is 1.47 bits per heavy atom. The van der Waals surface area contributed by atoms with Gasteiger partial charge >= 0.3 is 5.69 Å². The van der Waals surface area contributed by atoms with Crippen molar-refractivity contribution in [3.8, 4) is 16.3 Å². The molecule has 0 saturated heterocycles. The molecule has 0 amide bonds. The molecule has 7 nitrogen and oxygen atoms in total. The molecular formula is C11H12N4O3S. The summed E-state index contributed by atoms with van der Waals surface area (Å²) < 4.78 is 5.13. The molecule has 8 heteroatoms. The maximum absolute atomic E-state index is 11.0. The van der Waals surface area contributed by atoms with Gasteiger partial charge in [0.05, 0.1) is 23.6 Å². The molecule has 0 aliphatic rings. The summed E-state index contributed by atoms with van der Waals surface area (Å²) in [7, 11) is 1.39. The first kappa shape index (κ1) is 13.4. The Balaban J connectivity index is 2.54. The minimum absolute atomic E-state index is 0.0995. The fourth-order valence-corrected chi connectivity index (χ4v) is 2.40. The summed E-state index contributed by atoms with van der Waals surface area (Å²) in [5, 5.41) is 20.1. The van der Waals surface area contributed by atoms with E-state index in [0.717, 1.165) is 0 Å². The van der Waals surface area contributed by atoms with Crippen LogP contribution >= 0.6 is 11.3 Å². The van der Waals surface area contributed by atoms with Gasteiger partial charge in [0, 0.05) is 6.07 Å². The highest BCUT2D eigenvalue weighted by molar-refractivity contribution is 7.14. The third-order valence-corrected chi connectivity index (χ3v) is 3.61. The smallest absolute Gasteiger partial charge is 0.311 e. The zero-order valence-corrected chi connectivity index (χ0v) is 11.2. The number of aromatic nitrogens is 2. The maximum Gasteiger partial charge on any atom is 0.311 e. The molecule has 0 aliphatic heterocycles. The molecule has 0 bridgehead atoms. The largest absolute Gasteiger partial charge is 0.490 e. The predicted octanol–water partition coefficient (Wildman–Crippen LogP) is 2.14. The lowest BCUT2D eigenvalue weighted by Gasteiger charge is -2.05. The van der Waals surface area contributed by atoms with Crippen LogP contribution in [0.1, 0.15) is 18.0 Å². The normalized spacial score (nSPS) is 12.2. The second kappa shape index (κ2) is 5.29. The van der Waals surface area contributed by atoms with Crippen molar-refractivity contribution in [1.82, 2.24) is 10.2 Å². The fraction of sp³-hybridized carbons (Fsp3) is 0.273. The van der Waals surface area contributed by atoms with E-state index in [-0.39, 0.29) is 17.5 Å². The van der Waals surface area contributed by atoms with E-state index in [0.29, 0.717) is 15.6 Å². The van der Waals surface area contributed by atoms with E-state index in [2.05, 4.69) is 10.2 Å². The third kappa shape index (κ3) is 2.54. The molecule has 0 fully saturated rings. The highest BCUT2D eigenvalue weighted by atomic mass is 32.1. The molecule has 1 aromatic carbocycles. The van der Waals surface area contributed by atoms with E-state index in [4.69, 9.17) is 10.5 Å². The van der Waals surface area contributed by atoms with Crippen molar-refractivity contribution in [3.05, 3.63) is 33.3 Å². The Morgan fingerprint density at radius 3 is 2.74 bits per heavy atom. The maximum atomic E-state index is 11.0. The molecule has 1 aromatic heterocycles. The van der Waals surface area contributed by atoms with Gasteiger partial charge in [0.1, 0.15) is 5.01 Å². The van der Waals surface area contributed by atoms with Gasteiger partial charge in [-0.25, -0.2) is 0 Å². The van der Waals surface area contributed by atoms with E-state index in [1.54, 1.807) is 19.1 Å².